The first-order valence-electron chi connectivity index (χ1n) is 14.9. The molecule has 1 aliphatic rings. The molecule has 0 unspecified atom stereocenters. The summed E-state index contributed by atoms with van der Waals surface area (Å²) in [7, 11) is 1.75. The molecule has 1 fully saturated rings. The van der Waals surface area contributed by atoms with Crippen molar-refractivity contribution in [3.05, 3.63) is 87.1 Å². The number of carboxylic acids is 1. The summed E-state index contributed by atoms with van der Waals surface area (Å²) in [5.41, 5.74) is 1.88. The number of H-pyrrole nitrogens is 1. The molecule has 10 nitrogen and oxygen atoms in total. The molecule has 4 rings (SSSR count). The Hall–Kier alpha value is -4.54. The van der Waals surface area contributed by atoms with E-state index >= 15 is 0 Å². The fraction of sp³-hybridized carbons (Fsp3) is 0.424. The van der Waals surface area contributed by atoms with Crippen LogP contribution in [0.4, 0.5) is 15.8 Å². The lowest BCUT2D eigenvalue weighted by molar-refractivity contribution is -0.157. The quantitative estimate of drug-likeness (QED) is 0.295. The first-order chi connectivity index (χ1) is 20.8. The van der Waals surface area contributed by atoms with Crippen molar-refractivity contribution >= 4 is 29.2 Å². The Balaban J connectivity index is 1.60. The summed E-state index contributed by atoms with van der Waals surface area (Å²) < 4.78 is 14.2. The number of anilines is 2. The topological polar surface area (TPSA) is 136 Å². The van der Waals surface area contributed by atoms with Crippen LogP contribution in [-0.2, 0) is 9.59 Å². The van der Waals surface area contributed by atoms with Crippen molar-refractivity contribution in [3.63, 3.8) is 0 Å². The Kier molecular flexibility index (Phi) is 9.56. The van der Waals surface area contributed by atoms with E-state index in [9.17, 15) is 28.7 Å². The molecule has 1 aromatic heterocycles. The molecule has 44 heavy (non-hydrogen) atoms. The number of hydrogen-bond donors (Lipinski definition) is 3. The van der Waals surface area contributed by atoms with Crippen LogP contribution in [0.5, 0.6) is 0 Å². The van der Waals surface area contributed by atoms with Gasteiger partial charge in [0.1, 0.15) is 17.5 Å². The van der Waals surface area contributed by atoms with Gasteiger partial charge in [-0.1, -0.05) is 26.0 Å². The fourth-order valence-corrected chi connectivity index (χ4v) is 6.48. The third-order valence-electron chi connectivity index (χ3n) is 9.01. The van der Waals surface area contributed by atoms with Gasteiger partial charge in [-0.2, -0.15) is 5.10 Å². The van der Waals surface area contributed by atoms with E-state index in [1.807, 2.05) is 6.92 Å². The molecule has 0 spiro atoms. The van der Waals surface area contributed by atoms with Gasteiger partial charge in [0.25, 0.3) is 11.5 Å². The van der Waals surface area contributed by atoms with Gasteiger partial charge < -0.3 is 20.2 Å². The van der Waals surface area contributed by atoms with E-state index in [1.165, 1.54) is 12.1 Å². The SMILES string of the molecule is CCC(CC)(C(=O)O)[C@H]1CC[C@@H](c2cccc(F)c2)N1C(=O)[C@@H](C)NC(=O)c1ccc(N(C)c2cc(C)n[nH]c2=O)c(C)c1. The Labute approximate surface area is 256 Å². The molecule has 11 heteroatoms. The largest absolute Gasteiger partial charge is 0.481 e. The molecule has 2 amide bonds. The average molecular weight is 606 g/mol. The highest BCUT2D eigenvalue weighted by atomic mass is 19.1. The normalized spacial score (nSPS) is 17.3. The van der Waals surface area contributed by atoms with Gasteiger partial charge in [0.2, 0.25) is 5.91 Å². The zero-order chi connectivity index (χ0) is 32.3. The van der Waals surface area contributed by atoms with Gasteiger partial charge in [-0.05, 0) is 94.0 Å². The first-order valence-corrected chi connectivity index (χ1v) is 14.9. The van der Waals surface area contributed by atoms with Crippen LogP contribution in [-0.4, -0.2) is 57.1 Å². The lowest BCUT2D eigenvalue weighted by atomic mass is 9.74. The van der Waals surface area contributed by atoms with Crippen molar-refractivity contribution in [1.82, 2.24) is 20.4 Å². The van der Waals surface area contributed by atoms with Crippen LogP contribution in [0.3, 0.4) is 0 Å². The number of likely N-dealkylation sites (tertiary alicyclic amines) is 1. The van der Waals surface area contributed by atoms with Crippen LogP contribution < -0.4 is 15.8 Å². The molecule has 3 atom stereocenters. The molecule has 0 radical (unpaired) electrons. The number of carboxylic acid groups (broad SMARTS) is 1. The Morgan fingerprint density at radius 2 is 1.82 bits per heavy atom. The lowest BCUT2D eigenvalue weighted by Crippen LogP contribution is -2.55. The maximum atomic E-state index is 14.2. The molecule has 0 bridgehead atoms. The van der Waals surface area contributed by atoms with Gasteiger partial charge in [-0.3, -0.25) is 19.2 Å². The molecular formula is C33H40FN5O5. The molecule has 0 aliphatic carbocycles. The van der Waals surface area contributed by atoms with Crippen LogP contribution in [0.1, 0.15) is 79.7 Å². The lowest BCUT2D eigenvalue weighted by Gasteiger charge is -2.42. The molecule has 0 saturated carbocycles. The van der Waals surface area contributed by atoms with Crippen molar-refractivity contribution in [3.8, 4) is 0 Å². The number of aromatic nitrogens is 2. The molecule has 1 saturated heterocycles. The maximum absolute atomic E-state index is 14.2. The number of aromatic amines is 1. The van der Waals surface area contributed by atoms with Crippen molar-refractivity contribution in [2.75, 3.05) is 11.9 Å². The minimum atomic E-state index is -1.19. The monoisotopic (exact) mass is 605 g/mol. The summed E-state index contributed by atoms with van der Waals surface area (Å²) >= 11 is 0. The van der Waals surface area contributed by atoms with Crippen LogP contribution in [0.2, 0.25) is 0 Å². The average Bonchev–Trinajstić information content (AvgIpc) is 3.43. The summed E-state index contributed by atoms with van der Waals surface area (Å²) in [5, 5.41) is 19.5. The number of carbonyl (C=O) groups is 3. The van der Waals surface area contributed by atoms with Gasteiger partial charge in [0.15, 0.2) is 0 Å². The maximum Gasteiger partial charge on any atom is 0.311 e. The van der Waals surface area contributed by atoms with Crippen molar-refractivity contribution in [2.24, 2.45) is 5.41 Å². The highest BCUT2D eigenvalue weighted by Gasteiger charge is 2.52. The zero-order valence-electron chi connectivity index (χ0n) is 26.0. The summed E-state index contributed by atoms with van der Waals surface area (Å²) in [6.45, 7) is 8.77. The van der Waals surface area contributed by atoms with Gasteiger partial charge >= 0.3 is 5.97 Å². The molecule has 2 aromatic carbocycles. The highest BCUT2D eigenvalue weighted by Crippen LogP contribution is 2.47. The summed E-state index contributed by atoms with van der Waals surface area (Å²) in [6, 6.07) is 10.6. The third-order valence-corrected chi connectivity index (χ3v) is 9.01. The fourth-order valence-electron chi connectivity index (χ4n) is 6.48. The second-order valence-corrected chi connectivity index (χ2v) is 11.6. The number of nitrogens with one attached hydrogen (secondary N) is 2. The Bertz CT molecular complexity index is 1620. The smallest absolute Gasteiger partial charge is 0.311 e. The van der Waals surface area contributed by atoms with E-state index in [0.29, 0.717) is 53.9 Å². The van der Waals surface area contributed by atoms with Crippen molar-refractivity contribution in [1.29, 1.82) is 0 Å². The van der Waals surface area contributed by atoms with Crippen molar-refractivity contribution < 1.29 is 23.9 Å². The first kappa shape index (κ1) is 32.4. The highest BCUT2D eigenvalue weighted by molar-refractivity contribution is 5.98. The van der Waals surface area contributed by atoms with E-state index < -0.39 is 47.1 Å². The number of rotatable bonds is 10. The summed E-state index contributed by atoms with van der Waals surface area (Å²) in [5.74, 6) is -2.33. The van der Waals surface area contributed by atoms with E-state index in [1.54, 1.807) is 80.9 Å². The van der Waals surface area contributed by atoms with Crippen LogP contribution >= 0.6 is 0 Å². The Morgan fingerprint density at radius 3 is 2.43 bits per heavy atom. The van der Waals surface area contributed by atoms with Gasteiger partial charge in [-0.15, -0.1) is 0 Å². The summed E-state index contributed by atoms with van der Waals surface area (Å²) in [6.07, 6.45) is 1.54. The van der Waals surface area contributed by atoms with E-state index in [2.05, 4.69) is 15.5 Å². The summed E-state index contributed by atoms with van der Waals surface area (Å²) in [4.78, 5) is 55.7. The van der Waals surface area contributed by atoms with Gasteiger partial charge in [-0.25, -0.2) is 9.49 Å². The number of benzene rings is 2. The standard InChI is InChI=1S/C33H40FN5O5/c1-7-33(8-2,32(43)44)28-15-14-26(22-10-9-11-24(34)18-22)39(28)31(42)21(5)35-29(40)23-12-13-25(19(3)16-23)38(6)27-17-20(4)36-37-30(27)41/h9-13,16-18,21,26,28H,7-8,14-15H2,1-6H3,(H,35,40)(H,37,41)(H,43,44)/t21-,26+,28-/m1/s1. The van der Waals surface area contributed by atoms with Crippen LogP contribution in [0.25, 0.3) is 0 Å². The van der Waals surface area contributed by atoms with Gasteiger partial charge in [0, 0.05) is 24.3 Å². The number of hydrogen-bond acceptors (Lipinski definition) is 6. The van der Waals surface area contributed by atoms with E-state index in [-0.39, 0.29) is 5.56 Å². The van der Waals surface area contributed by atoms with E-state index in [4.69, 9.17) is 0 Å². The molecule has 3 aromatic rings. The third kappa shape index (κ3) is 6.09. The molecule has 1 aliphatic heterocycles. The number of nitrogens with zero attached hydrogens (tertiary/aromatic N) is 3. The number of carbonyl (C=O) groups excluding carboxylic acids is 2. The molecule has 2 heterocycles. The number of aliphatic carboxylic acids is 1. The number of aryl methyl sites for hydroxylation is 2. The van der Waals surface area contributed by atoms with Crippen molar-refractivity contribution in [2.45, 2.75) is 78.4 Å². The molecular weight excluding hydrogens is 565 g/mol. The Morgan fingerprint density at radius 1 is 1.11 bits per heavy atom. The van der Waals surface area contributed by atoms with Gasteiger partial charge in [0.05, 0.1) is 17.2 Å². The second kappa shape index (κ2) is 13.0. The minimum absolute atomic E-state index is 0.314. The van der Waals surface area contributed by atoms with E-state index in [0.717, 1.165) is 5.56 Å². The molecule has 3 N–H and O–H groups in total. The second-order valence-electron chi connectivity index (χ2n) is 11.6. The predicted molar refractivity (Wildman–Crippen MR) is 165 cm³/mol. The predicted octanol–water partition coefficient (Wildman–Crippen LogP) is 5.04. The zero-order valence-corrected chi connectivity index (χ0v) is 26.0. The van der Waals surface area contributed by atoms with Crippen LogP contribution in [0, 0.1) is 25.1 Å². The number of amides is 2. The van der Waals surface area contributed by atoms with Crippen LogP contribution in [0.15, 0.2) is 53.3 Å². The minimum Gasteiger partial charge on any atom is -0.481 e. The molecule has 234 valence electrons. The number of halogens is 1.